The van der Waals surface area contributed by atoms with Gasteiger partial charge in [0.1, 0.15) is 11.6 Å². The average molecular weight is 290 g/mol. The zero-order valence-corrected chi connectivity index (χ0v) is 10.8. The van der Waals surface area contributed by atoms with Gasteiger partial charge in [-0.1, -0.05) is 0 Å². The molecule has 0 spiro atoms. The molecular weight excluding hydrogens is 278 g/mol. The van der Waals surface area contributed by atoms with Crippen LogP contribution in [0.15, 0.2) is 47.4 Å². The van der Waals surface area contributed by atoms with Crippen LogP contribution < -0.4 is 17.0 Å². The molecule has 3 rings (SSSR count). The number of hydrogen-bond donors (Lipinski definition) is 3. The molecule has 0 saturated carbocycles. The molecule has 0 aliphatic carbocycles. The van der Waals surface area contributed by atoms with E-state index in [1.54, 1.807) is 0 Å². The van der Waals surface area contributed by atoms with E-state index in [4.69, 9.17) is 11.5 Å². The van der Waals surface area contributed by atoms with Gasteiger partial charge in [-0.2, -0.15) is 0 Å². The number of fused-ring (bicyclic) bond motifs is 1. The Bertz CT molecular complexity index is 833. The molecule has 0 saturated heterocycles. The Morgan fingerprint density at radius 2 is 1.62 bits per heavy atom. The van der Waals surface area contributed by atoms with Crippen molar-refractivity contribution >= 4 is 22.4 Å². The molecule has 5 nitrogen and oxygen atoms in total. The van der Waals surface area contributed by atoms with Crippen LogP contribution in [0.4, 0.5) is 20.2 Å². The highest BCUT2D eigenvalue weighted by molar-refractivity contribution is 5.73. The van der Waals surface area contributed by atoms with Gasteiger partial charge in [0.25, 0.3) is 5.56 Å². The molecule has 0 atom stereocenters. The van der Waals surface area contributed by atoms with Crippen molar-refractivity contribution in [3.63, 3.8) is 0 Å². The van der Waals surface area contributed by atoms with E-state index in [1.165, 1.54) is 42.6 Å². The minimum atomic E-state index is -0.383. The third kappa shape index (κ3) is 3.75. The number of nitrogens with one attached hydrogen (secondary N) is 1. The van der Waals surface area contributed by atoms with Crippen molar-refractivity contribution in [1.29, 1.82) is 0 Å². The van der Waals surface area contributed by atoms with E-state index in [9.17, 15) is 13.6 Å². The highest BCUT2D eigenvalue weighted by Crippen LogP contribution is 2.14. The van der Waals surface area contributed by atoms with Crippen LogP contribution >= 0.6 is 0 Å². The zero-order valence-electron chi connectivity index (χ0n) is 10.8. The van der Waals surface area contributed by atoms with Gasteiger partial charge in [-0.25, -0.2) is 13.8 Å². The van der Waals surface area contributed by atoms with Crippen molar-refractivity contribution in [2.24, 2.45) is 0 Å². The van der Waals surface area contributed by atoms with Gasteiger partial charge in [-0.3, -0.25) is 4.79 Å². The first-order chi connectivity index (χ1) is 9.95. The maximum Gasteiger partial charge on any atom is 0.266 e. The summed E-state index contributed by atoms with van der Waals surface area (Å²) < 4.78 is 24.8. The first-order valence-electron chi connectivity index (χ1n) is 5.91. The fourth-order valence-electron chi connectivity index (χ4n) is 1.56. The first kappa shape index (κ1) is 14.4. The number of anilines is 2. The van der Waals surface area contributed by atoms with E-state index >= 15 is 0 Å². The van der Waals surface area contributed by atoms with Crippen molar-refractivity contribution in [2.75, 3.05) is 11.5 Å². The SMILES string of the molecule is Nc1ccc(F)cc1N.O=c1cnc2ccc(F)cc2[nH]1. The predicted octanol–water partition coefficient (Wildman–Crippen LogP) is 2.05. The second kappa shape index (κ2) is 6.00. The molecule has 0 aliphatic heterocycles. The summed E-state index contributed by atoms with van der Waals surface area (Å²) in [5.74, 6) is -0.743. The fraction of sp³-hybridized carbons (Fsp3) is 0. The largest absolute Gasteiger partial charge is 0.397 e. The molecule has 1 heterocycles. The number of nitrogen functional groups attached to an aromatic ring is 2. The Morgan fingerprint density at radius 3 is 2.29 bits per heavy atom. The van der Waals surface area contributed by atoms with E-state index < -0.39 is 0 Å². The summed E-state index contributed by atoms with van der Waals surface area (Å²) in [4.78, 5) is 17.0. The number of H-pyrrole nitrogens is 1. The molecule has 7 heteroatoms. The van der Waals surface area contributed by atoms with Crippen molar-refractivity contribution in [3.05, 3.63) is 64.6 Å². The molecule has 108 valence electrons. The summed E-state index contributed by atoms with van der Waals surface area (Å²) in [7, 11) is 0. The molecule has 3 aromatic rings. The monoisotopic (exact) mass is 290 g/mol. The lowest BCUT2D eigenvalue weighted by atomic mass is 10.3. The topological polar surface area (TPSA) is 97.8 Å². The lowest BCUT2D eigenvalue weighted by molar-refractivity contribution is 0.628. The van der Waals surface area contributed by atoms with Crippen LogP contribution in [0.5, 0.6) is 0 Å². The molecule has 0 fully saturated rings. The summed E-state index contributed by atoms with van der Waals surface area (Å²) in [5, 5.41) is 0. The highest BCUT2D eigenvalue weighted by Gasteiger charge is 1.96. The summed E-state index contributed by atoms with van der Waals surface area (Å²) in [6.45, 7) is 0. The lowest BCUT2D eigenvalue weighted by Gasteiger charge is -1.96. The van der Waals surface area contributed by atoms with E-state index in [1.807, 2.05) is 0 Å². The summed E-state index contributed by atoms with van der Waals surface area (Å²) in [5.41, 5.74) is 11.9. The van der Waals surface area contributed by atoms with Gasteiger partial charge in [0.2, 0.25) is 0 Å². The standard InChI is InChI=1S/C8H5FN2O.C6H7FN2/c9-5-1-2-6-7(3-5)11-8(12)4-10-6;7-4-1-2-5(8)6(9)3-4/h1-4H,(H,11,12);1-3H,8-9H2. The number of nitrogens with zero attached hydrogens (tertiary/aromatic N) is 1. The van der Waals surface area contributed by atoms with Crippen LogP contribution in [0.2, 0.25) is 0 Å². The molecule has 0 amide bonds. The molecule has 21 heavy (non-hydrogen) atoms. The van der Waals surface area contributed by atoms with Crippen molar-refractivity contribution in [3.8, 4) is 0 Å². The van der Waals surface area contributed by atoms with Gasteiger partial charge in [-0.05, 0) is 36.4 Å². The van der Waals surface area contributed by atoms with E-state index in [0.29, 0.717) is 16.7 Å². The number of rotatable bonds is 0. The lowest BCUT2D eigenvalue weighted by Crippen LogP contribution is -2.04. The van der Waals surface area contributed by atoms with Crippen LogP contribution in [0.25, 0.3) is 11.0 Å². The second-order valence-electron chi connectivity index (χ2n) is 4.18. The van der Waals surface area contributed by atoms with E-state index in [2.05, 4.69) is 9.97 Å². The third-order valence-corrected chi connectivity index (χ3v) is 2.59. The molecular formula is C14H12F2N4O. The molecule has 5 N–H and O–H groups in total. The number of nitrogens with two attached hydrogens (primary N) is 2. The second-order valence-corrected chi connectivity index (χ2v) is 4.18. The minimum Gasteiger partial charge on any atom is -0.397 e. The maximum atomic E-state index is 12.6. The molecule has 1 aromatic heterocycles. The van der Waals surface area contributed by atoms with Crippen molar-refractivity contribution in [2.45, 2.75) is 0 Å². The maximum absolute atomic E-state index is 12.6. The smallest absolute Gasteiger partial charge is 0.266 e. The Kier molecular flexibility index (Phi) is 4.13. The number of halogens is 2. The predicted molar refractivity (Wildman–Crippen MR) is 77.5 cm³/mol. The Morgan fingerprint density at radius 1 is 0.952 bits per heavy atom. The zero-order chi connectivity index (χ0) is 15.4. The van der Waals surface area contributed by atoms with Gasteiger partial charge in [0, 0.05) is 0 Å². The number of aromatic amines is 1. The Hall–Kier alpha value is -2.96. The van der Waals surface area contributed by atoms with Crippen LogP contribution in [0.1, 0.15) is 0 Å². The normalized spacial score (nSPS) is 10.0. The van der Waals surface area contributed by atoms with Gasteiger partial charge in [0.05, 0.1) is 28.6 Å². The average Bonchev–Trinajstić information content (AvgIpc) is 2.43. The minimum absolute atomic E-state index is 0.287. The van der Waals surface area contributed by atoms with E-state index in [0.717, 1.165) is 0 Å². The Balaban J connectivity index is 0.000000161. The fourth-order valence-corrected chi connectivity index (χ4v) is 1.56. The highest BCUT2D eigenvalue weighted by atomic mass is 19.1. The van der Waals surface area contributed by atoms with Gasteiger partial charge in [0.15, 0.2) is 0 Å². The molecule has 0 bridgehead atoms. The van der Waals surface area contributed by atoms with Gasteiger partial charge in [-0.15, -0.1) is 0 Å². The molecule has 0 radical (unpaired) electrons. The first-order valence-corrected chi connectivity index (χ1v) is 5.91. The van der Waals surface area contributed by atoms with E-state index in [-0.39, 0.29) is 22.9 Å². The molecule has 0 aliphatic rings. The summed E-state index contributed by atoms with van der Waals surface area (Å²) >= 11 is 0. The number of benzene rings is 2. The quantitative estimate of drug-likeness (QED) is 0.552. The number of aromatic nitrogens is 2. The molecule has 2 aromatic carbocycles. The van der Waals surface area contributed by atoms with Crippen LogP contribution in [-0.4, -0.2) is 9.97 Å². The molecule has 0 unspecified atom stereocenters. The Labute approximate surface area is 118 Å². The van der Waals surface area contributed by atoms with Gasteiger partial charge >= 0.3 is 0 Å². The van der Waals surface area contributed by atoms with Crippen LogP contribution in [-0.2, 0) is 0 Å². The summed E-state index contributed by atoms with van der Waals surface area (Å²) in [6, 6.07) is 7.95. The van der Waals surface area contributed by atoms with Crippen LogP contribution in [0, 0.1) is 11.6 Å². The van der Waals surface area contributed by atoms with Crippen LogP contribution in [0.3, 0.4) is 0 Å². The van der Waals surface area contributed by atoms with Gasteiger partial charge < -0.3 is 16.5 Å². The van der Waals surface area contributed by atoms with Crippen molar-refractivity contribution in [1.82, 2.24) is 9.97 Å². The number of hydrogen-bond acceptors (Lipinski definition) is 4. The summed E-state index contributed by atoms with van der Waals surface area (Å²) in [6.07, 6.45) is 1.17. The van der Waals surface area contributed by atoms with Crippen molar-refractivity contribution < 1.29 is 8.78 Å². The third-order valence-electron chi connectivity index (χ3n) is 2.59.